The molecule has 0 spiro atoms. The molecule has 5 heterocycles. The first-order valence-electron chi connectivity index (χ1n) is 33.9. The highest BCUT2D eigenvalue weighted by Crippen LogP contribution is 2.76. The van der Waals surface area contributed by atoms with E-state index in [4.69, 9.17) is 52.1 Å². The lowest BCUT2D eigenvalue weighted by Gasteiger charge is -2.72. The summed E-state index contributed by atoms with van der Waals surface area (Å²) < 4.78 is 68.1. The van der Waals surface area contributed by atoms with E-state index in [1.165, 1.54) is 19.9 Å². The molecule has 4 saturated carbocycles. The molecule has 10 aliphatic rings. The Hall–Kier alpha value is -2.58. The molecular weight excluding hydrogens is 1260 g/mol. The van der Waals surface area contributed by atoms with Crippen LogP contribution in [0.3, 0.4) is 0 Å². The fourth-order valence-electron chi connectivity index (χ4n) is 18.9. The van der Waals surface area contributed by atoms with Gasteiger partial charge in [-0.25, -0.2) is 9.59 Å². The lowest BCUT2D eigenvalue weighted by Crippen LogP contribution is -2.70. The third-order valence-electron chi connectivity index (χ3n) is 24.5. The molecule has 5 saturated heterocycles. The average Bonchev–Trinajstić information content (AvgIpc) is 0.671. The maximum atomic E-state index is 13.4. The van der Waals surface area contributed by atoms with Gasteiger partial charge in [0.15, 0.2) is 37.6 Å². The number of ether oxygens (including phenoxy) is 11. The van der Waals surface area contributed by atoms with E-state index in [0.717, 1.165) is 12.0 Å². The smallest absolute Gasteiger partial charge is 0.335 e. The first-order chi connectivity index (χ1) is 44.5. The molecule has 10 rings (SSSR count). The molecule has 95 heavy (non-hydrogen) atoms. The summed E-state index contributed by atoms with van der Waals surface area (Å²) in [6.07, 6.45) is -39.0. The van der Waals surface area contributed by atoms with Crippen LogP contribution in [0.2, 0.25) is 0 Å². The second kappa shape index (κ2) is 28.3. The Morgan fingerprint density at radius 3 is 1.69 bits per heavy atom. The molecule has 5 aliphatic carbocycles. The van der Waals surface area contributed by atoms with Gasteiger partial charge in [0.25, 0.3) is 0 Å². The third-order valence-corrected chi connectivity index (χ3v) is 24.5. The molecule has 35 atom stereocenters. The fourth-order valence-corrected chi connectivity index (χ4v) is 18.9. The number of hydrogen-bond acceptors (Lipinski definition) is 28. The Balaban J connectivity index is 0.970. The Bertz CT molecular complexity index is 2720. The lowest BCUT2D eigenvalue weighted by molar-refractivity contribution is -0.412. The van der Waals surface area contributed by atoms with Crippen molar-refractivity contribution in [2.24, 2.45) is 50.2 Å². The highest BCUT2D eigenvalue weighted by atomic mass is 16.8. The summed E-state index contributed by atoms with van der Waals surface area (Å²) in [5, 5.41) is 180. The number of hydrogen-bond donors (Lipinski definition) is 16. The number of aliphatic carboxylic acids is 1. The van der Waals surface area contributed by atoms with Crippen LogP contribution in [0.4, 0.5) is 0 Å². The van der Waals surface area contributed by atoms with E-state index in [2.05, 4.69) is 40.7 Å². The zero-order valence-electron chi connectivity index (χ0n) is 55.8. The lowest BCUT2D eigenvalue weighted by atomic mass is 9.33. The molecule has 0 bridgehead atoms. The highest BCUT2D eigenvalue weighted by molar-refractivity contribution is 5.82. The molecule has 9 fully saturated rings. The molecular formula is C66H106O29. The Labute approximate surface area is 552 Å². The summed E-state index contributed by atoms with van der Waals surface area (Å²) in [6.45, 7) is 17.5. The van der Waals surface area contributed by atoms with Crippen LogP contribution in [0.15, 0.2) is 23.8 Å². The van der Waals surface area contributed by atoms with Gasteiger partial charge in [0.1, 0.15) is 110 Å². The van der Waals surface area contributed by atoms with Crippen molar-refractivity contribution in [1.29, 1.82) is 0 Å². The number of unbranched alkanes of at least 4 members (excludes halogenated alkanes) is 1. The van der Waals surface area contributed by atoms with Gasteiger partial charge < -0.3 is 134 Å². The number of carbonyl (C=O) groups excluding carboxylic acids is 1. The molecule has 0 aromatic heterocycles. The van der Waals surface area contributed by atoms with Crippen molar-refractivity contribution in [2.75, 3.05) is 19.8 Å². The van der Waals surface area contributed by atoms with Crippen LogP contribution in [0.1, 0.15) is 133 Å². The quantitative estimate of drug-likeness (QED) is 0.0313. The molecule has 0 amide bonds. The minimum absolute atomic E-state index is 0.0143. The van der Waals surface area contributed by atoms with E-state index in [-0.39, 0.29) is 29.8 Å². The van der Waals surface area contributed by atoms with Gasteiger partial charge in [-0.05, 0) is 116 Å². The Morgan fingerprint density at radius 1 is 0.558 bits per heavy atom. The van der Waals surface area contributed by atoms with Gasteiger partial charge in [0, 0.05) is 6.08 Å². The van der Waals surface area contributed by atoms with Gasteiger partial charge in [-0.15, -0.1) is 0 Å². The maximum absolute atomic E-state index is 13.4. The van der Waals surface area contributed by atoms with Crippen molar-refractivity contribution >= 4 is 11.9 Å². The number of carboxylic acid groups (broad SMARTS) is 1. The van der Waals surface area contributed by atoms with Gasteiger partial charge in [0.2, 0.25) is 0 Å². The van der Waals surface area contributed by atoms with E-state index in [9.17, 15) is 91.3 Å². The van der Waals surface area contributed by atoms with Crippen molar-refractivity contribution in [3.8, 4) is 0 Å². The van der Waals surface area contributed by atoms with Crippen LogP contribution < -0.4 is 0 Å². The molecule has 5 aliphatic heterocycles. The second-order valence-electron chi connectivity index (χ2n) is 30.9. The topological polar surface area (TPSA) is 459 Å². The van der Waals surface area contributed by atoms with Crippen molar-refractivity contribution in [3.63, 3.8) is 0 Å². The second-order valence-corrected chi connectivity index (χ2v) is 30.9. The van der Waals surface area contributed by atoms with E-state index < -0.39 is 224 Å². The summed E-state index contributed by atoms with van der Waals surface area (Å²) in [7, 11) is 0. The minimum atomic E-state index is -2.34. The average molecular weight is 1360 g/mol. The van der Waals surface area contributed by atoms with Gasteiger partial charge >= 0.3 is 11.9 Å². The molecule has 29 heteroatoms. The molecule has 29 nitrogen and oxygen atoms in total. The number of carboxylic acids is 1. The molecule has 544 valence electrons. The van der Waals surface area contributed by atoms with Crippen molar-refractivity contribution in [2.45, 2.75) is 305 Å². The zero-order valence-corrected chi connectivity index (χ0v) is 55.8. The SMILES string of the molecule is CCC/C=C\C(=O)O[C@H]1CC(C)(C)C[C@H]2C3=CC[C@@H]4[C@@]5(C)CC[C@H](O[C@@H]6O[C@H](C(=O)O)[C@@H](O)[C@H](O[C@@H]7O[C@H](CO)[C@H](O)[C@H](O)[C@H]7O[C@@H]7O[C@@H](C)[C@H](O)[C@@H](O)[C@H]7O[C@@H]7O[C@@H](C)[C@H](O)[C@@H](O)[C@H]7O)[C@H]6O[C@@H]6O[C@H](CO)[C@H](O)[C@H](O)[C@H]6O)C(C)(C)C5CC[C@@]4(C)[C@]3(C)C[C@@H](O)[C@@]12CO. The predicted octanol–water partition coefficient (Wildman–Crippen LogP) is -1.74. The first kappa shape index (κ1) is 75.1. The largest absolute Gasteiger partial charge is 0.479 e. The molecule has 0 aromatic rings. The Kier molecular flexibility index (Phi) is 22.4. The van der Waals surface area contributed by atoms with Crippen LogP contribution in [-0.2, 0) is 61.7 Å². The van der Waals surface area contributed by atoms with Crippen molar-refractivity contribution in [3.05, 3.63) is 23.8 Å². The van der Waals surface area contributed by atoms with Crippen LogP contribution in [-0.4, -0.2) is 285 Å². The molecule has 0 aromatic carbocycles. The van der Waals surface area contributed by atoms with Crippen LogP contribution in [0.25, 0.3) is 0 Å². The number of fused-ring (bicyclic) bond motifs is 7. The van der Waals surface area contributed by atoms with Crippen molar-refractivity contribution in [1.82, 2.24) is 0 Å². The van der Waals surface area contributed by atoms with Gasteiger partial charge in [-0.3, -0.25) is 0 Å². The van der Waals surface area contributed by atoms with Crippen LogP contribution in [0, 0.1) is 50.2 Å². The van der Waals surface area contributed by atoms with Crippen molar-refractivity contribution < 1.29 is 143 Å². The third kappa shape index (κ3) is 13.1. The number of aliphatic hydroxyl groups is 15. The molecule has 1 unspecified atom stereocenters. The first-order valence-corrected chi connectivity index (χ1v) is 33.9. The minimum Gasteiger partial charge on any atom is -0.479 e. The molecule has 16 N–H and O–H groups in total. The van der Waals surface area contributed by atoms with Crippen LogP contribution in [0.5, 0.6) is 0 Å². The summed E-state index contributed by atoms with van der Waals surface area (Å²) >= 11 is 0. The zero-order chi connectivity index (χ0) is 69.7. The normalized spacial score (nSPS) is 52.1. The fraction of sp³-hybridized carbons (Fsp3) is 0.909. The maximum Gasteiger partial charge on any atom is 0.335 e. The number of carbonyl (C=O) groups is 2. The number of allylic oxidation sites excluding steroid dienone is 3. The number of rotatable bonds is 18. The monoisotopic (exact) mass is 1360 g/mol. The summed E-state index contributed by atoms with van der Waals surface area (Å²) in [5.41, 5.74) is -2.58. The van der Waals surface area contributed by atoms with E-state index in [1.54, 1.807) is 6.08 Å². The van der Waals surface area contributed by atoms with E-state index in [0.29, 0.717) is 57.8 Å². The summed E-state index contributed by atoms with van der Waals surface area (Å²) in [4.78, 5) is 26.8. The summed E-state index contributed by atoms with van der Waals surface area (Å²) in [5.74, 6) is -2.70. The van der Waals surface area contributed by atoms with Gasteiger partial charge in [-0.2, -0.15) is 0 Å². The summed E-state index contributed by atoms with van der Waals surface area (Å²) in [6, 6.07) is 0. The van der Waals surface area contributed by atoms with Gasteiger partial charge in [-0.1, -0.05) is 79.5 Å². The Morgan fingerprint density at radius 2 is 1.08 bits per heavy atom. The molecule has 0 radical (unpaired) electrons. The van der Waals surface area contributed by atoms with E-state index in [1.807, 2.05) is 20.8 Å². The van der Waals surface area contributed by atoms with E-state index >= 15 is 0 Å². The standard InChI is InChI=1S/C66H106O29/c1-11-12-13-14-38(71)89-37-23-61(4,5)21-30-29-15-16-34-63(8)19-18-36(62(6,7)33(63)17-20-64(34,9)65(29,10)22-35(70)66(30,37)26-69)90-60-54(95-57-48(81)44(77)41(74)31(24-67)87-57)50(49(82)51(92-60)55(83)84)91-59-53(46(79)42(75)32(25-68)88-59)94-58-52(45(78)40(73)28(3)86-58)93-56-47(80)43(76)39(72)27(2)85-56/h13-15,27-28,30-37,39-54,56-60,67-70,72-82H,11-12,16-26H2,1-10H3,(H,83,84)/b14-13-/t27-,28-,30-,31+,32+,33?,34+,35+,36-,37-,39-,40-,41-,42-,43+,44-,45+,46-,47+,48+,49-,50-,51-,52+,53+,54+,56-,57-,58-,59-,60+,63-,64+,65+,66-/m0/s1. The number of esters is 1. The van der Waals surface area contributed by atoms with Crippen LogP contribution >= 0.6 is 0 Å². The highest BCUT2D eigenvalue weighted by Gasteiger charge is 2.72. The van der Waals surface area contributed by atoms with Gasteiger partial charge in [0.05, 0.1) is 49.7 Å². The number of aliphatic hydroxyl groups excluding tert-OH is 15. The predicted molar refractivity (Wildman–Crippen MR) is 324 cm³/mol.